The lowest BCUT2D eigenvalue weighted by Crippen LogP contribution is -2.38. The highest BCUT2D eigenvalue weighted by Gasteiger charge is 2.38. The molecule has 1 aliphatic heterocycles. The molecule has 0 unspecified atom stereocenters. The van der Waals surface area contributed by atoms with Crippen LogP contribution < -0.4 is 15.9 Å². The minimum absolute atomic E-state index is 0.270. The first kappa shape index (κ1) is 29.7. The van der Waals surface area contributed by atoms with E-state index in [1.807, 2.05) is 78.9 Å². The van der Waals surface area contributed by atoms with Gasteiger partial charge in [-0.25, -0.2) is 4.99 Å². The number of aliphatic imine (C=N–C) groups is 2. The lowest BCUT2D eigenvalue weighted by molar-refractivity contribution is -0.111. The third kappa shape index (κ3) is 6.04. The predicted octanol–water partition coefficient (Wildman–Crippen LogP) is 8.43. The maximum Gasteiger partial charge on any atom is 0.282 e. The Morgan fingerprint density at radius 2 is 1.09 bits per heavy atom. The van der Waals surface area contributed by atoms with Crippen molar-refractivity contribution in [2.75, 3.05) is 0 Å². The van der Waals surface area contributed by atoms with E-state index in [0.29, 0.717) is 36.7 Å². The molecule has 212 valence electrons. The number of carbonyl (C=O) groups excluding carboxylic acids is 1. The molecule has 0 saturated heterocycles. The number of nitrogens with zero attached hydrogens (tertiary/aromatic N) is 2. The molecule has 0 fully saturated rings. The topological polar surface area (TPSA) is 41.8 Å². The van der Waals surface area contributed by atoms with Gasteiger partial charge in [0.1, 0.15) is 5.04 Å². The summed E-state index contributed by atoms with van der Waals surface area (Å²) < 4.78 is 0. The molecule has 0 spiro atoms. The van der Waals surface area contributed by atoms with Crippen molar-refractivity contribution in [2.45, 2.75) is 5.75 Å². The lowest BCUT2D eigenvalue weighted by Gasteiger charge is -2.33. The Bertz CT molecular complexity index is 1800. The zero-order chi connectivity index (χ0) is 29.8. The summed E-state index contributed by atoms with van der Waals surface area (Å²) in [7, 11) is 0. The zero-order valence-corrected chi connectivity index (χ0v) is 26.7. The number of benzene rings is 5. The van der Waals surface area contributed by atoms with Crippen molar-refractivity contribution < 1.29 is 4.79 Å². The van der Waals surface area contributed by atoms with Gasteiger partial charge in [0.25, 0.3) is 5.91 Å². The Labute approximate surface area is 270 Å². The second-order valence-electron chi connectivity index (χ2n) is 9.72. The molecule has 0 aliphatic carbocycles. The van der Waals surface area contributed by atoms with Crippen LogP contribution in [0.3, 0.4) is 0 Å². The van der Waals surface area contributed by atoms with Gasteiger partial charge in [-0.2, -0.15) is 4.99 Å². The van der Waals surface area contributed by atoms with Crippen molar-refractivity contribution >= 4 is 91.4 Å². The van der Waals surface area contributed by atoms with E-state index in [1.54, 1.807) is 18.2 Å². The van der Waals surface area contributed by atoms with Gasteiger partial charge in [0.2, 0.25) is 0 Å². The van der Waals surface area contributed by atoms with Crippen molar-refractivity contribution in [3.63, 3.8) is 0 Å². The molecular formula is C35H24Cl3N2OPS. The fourth-order valence-electron chi connectivity index (χ4n) is 5.17. The van der Waals surface area contributed by atoms with E-state index in [2.05, 4.69) is 41.4 Å². The van der Waals surface area contributed by atoms with Crippen LogP contribution in [0, 0.1) is 0 Å². The summed E-state index contributed by atoms with van der Waals surface area (Å²) in [6.45, 7) is -2.79. The molecule has 0 aromatic heterocycles. The molecule has 3 nitrogen and oxygen atoms in total. The maximum atomic E-state index is 14.6. The standard InChI is InChI=1S/C35H24Cl3N2OPS/c36-26-20-25(21-27(37)22-26)33-39-34(41)32(35(40-33)43-23-24-12-10-11-19-31(24)38)42(28-13-4-1-5-14-28,29-15-6-2-7-16-29)30-17-8-3-9-18-30/h1-22H,23H2. The first-order valence-electron chi connectivity index (χ1n) is 13.4. The van der Waals surface area contributed by atoms with E-state index in [-0.39, 0.29) is 11.7 Å². The number of hydrogen-bond donors (Lipinski definition) is 0. The van der Waals surface area contributed by atoms with Gasteiger partial charge in [-0.05, 0) is 52.6 Å². The summed E-state index contributed by atoms with van der Waals surface area (Å²) in [6, 6.07) is 43.4. The number of hydrogen-bond acceptors (Lipinski definition) is 3. The highest BCUT2D eigenvalue weighted by atomic mass is 35.5. The average molecular weight is 658 g/mol. The van der Waals surface area contributed by atoms with Crippen LogP contribution in [0.2, 0.25) is 15.1 Å². The highest BCUT2D eigenvalue weighted by molar-refractivity contribution is 8.18. The molecule has 8 heteroatoms. The molecule has 6 rings (SSSR count). The molecule has 5 aromatic rings. The largest absolute Gasteiger partial charge is 0.282 e. The van der Waals surface area contributed by atoms with E-state index in [1.165, 1.54) is 11.8 Å². The predicted molar refractivity (Wildman–Crippen MR) is 188 cm³/mol. The van der Waals surface area contributed by atoms with Gasteiger partial charge in [0, 0.05) is 26.4 Å². The second-order valence-corrected chi connectivity index (χ2v) is 15.3. The van der Waals surface area contributed by atoms with Gasteiger partial charge < -0.3 is 0 Å². The number of halogens is 3. The van der Waals surface area contributed by atoms with Crippen molar-refractivity contribution in [1.82, 2.24) is 0 Å². The number of amidine groups is 1. The smallest absolute Gasteiger partial charge is 0.267 e. The number of thioether (sulfide) groups is 1. The number of rotatable bonds is 6. The lowest BCUT2D eigenvalue weighted by atomic mass is 10.2. The molecular weight excluding hydrogens is 634 g/mol. The van der Waals surface area contributed by atoms with Gasteiger partial charge in [-0.3, -0.25) is 4.79 Å². The summed E-state index contributed by atoms with van der Waals surface area (Å²) in [6.07, 6.45) is 0. The minimum Gasteiger partial charge on any atom is -0.267 e. The van der Waals surface area contributed by atoms with E-state index < -0.39 is 6.89 Å². The van der Waals surface area contributed by atoms with Crippen LogP contribution in [0.25, 0.3) is 0 Å². The Kier molecular flexibility index (Phi) is 9.04. The Morgan fingerprint density at radius 1 is 0.605 bits per heavy atom. The van der Waals surface area contributed by atoms with Crippen molar-refractivity contribution in [3.05, 3.63) is 160 Å². The highest BCUT2D eigenvalue weighted by Crippen LogP contribution is 2.48. The summed E-state index contributed by atoms with van der Waals surface area (Å²) in [5.41, 5.74) is 1.52. The molecule has 0 atom stereocenters. The number of carbonyl (C=O) groups is 1. The minimum atomic E-state index is -2.79. The quantitative estimate of drug-likeness (QED) is 0.172. The second kappa shape index (κ2) is 13.1. The van der Waals surface area contributed by atoms with E-state index in [4.69, 9.17) is 39.8 Å². The summed E-state index contributed by atoms with van der Waals surface area (Å²) in [5.74, 6) is 0.441. The fourth-order valence-corrected chi connectivity index (χ4v) is 11.7. The third-order valence-corrected chi connectivity index (χ3v) is 13.3. The zero-order valence-electron chi connectivity index (χ0n) is 22.7. The molecule has 0 saturated carbocycles. The number of amides is 1. The van der Waals surface area contributed by atoms with Gasteiger partial charge in [-0.1, -0.05) is 144 Å². The SMILES string of the molecule is O=C1N=C(c2cc(Cl)cc(Cl)c2)N=C(SCc2ccccc2Cl)C1=P(c1ccccc1)(c1ccccc1)c1ccccc1. The van der Waals surface area contributed by atoms with Crippen LogP contribution >= 0.6 is 53.5 Å². The average Bonchev–Trinajstić information content (AvgIpc) is 3.03. The molecule has 5 aromatic carbocycles. The Balaban J connectivity index is 1.70. The van der Waals surface area contributed by atoms with Crippen LogP contribution in [-0.4, -0.2) is 22.1 Å². The van der Waals surface area contributed by atoms with E-state index in [9.17, 15) is 4.79 Å². The Hall–Kier alpha value is -3.37. The molecule has 1 heterocycles. The summed E-state index contributed by atoms with van der Waals surface area (Å²) >= 11 is 20.8. The monoisotopic (exact) mass is 656 g/mol. The summed E-state index contributed by atoms with van der Waals surface area (Å²) in [5, 5.41) is 5.80. The van der Waals surface area contributed by atoms with Crippen LogP contribution in [-0.2, 0) is 10.5 Å². The van der Waals surface area contributed by atoms with Gasteiger partial charge in [0.15, 0.2) is 5.84 Å². The molecule has 1 aliphatic rings. The van der Waals surface area contributed by atoms with Crippen LogP contribution in [0.4, 0.5) is 0 Å². The van der Waals surface area contributed by atoms with Crippen molar-refractivity contribution in [3.8, 4) is 0 Å². The normalized spacial score (nSPS) is 13.5. The van der Waals surface area contributed by atoms with Gasteiger partial charge >= 0.3 is 0 Å². The first-order valence-corrected chi connectivity index (χ1v) is 17.4. The molecule has 0 bridgehead atoms. The van der Waals surface area contributed by atoms with Crippen molar-refractivity contribution in [1.29, 1.82) is 0 Å². The van der Waals surface area contributed by atoms with Crippen LogP contribution in [0.15, 0.2) is 143 Å². The maximum absolute atomic E-state index is 14.6. The molecule has 43 heavy (non-hydrogen) atoms. The van der Waals surface area contributed by atoms with Crippen LogP contribution in [0.5, 0.6) is 0 Å². The van der Waals surface area contributed by atoms with Crippen molar-refractivity contribution in [2.24, 2.45) is 9.98 Å². The van der Waals surface area contributed by atoms with Crippen LogP contribution in [0.1, 0.15) is 11.1 Å². The summed E-state index contributed by atoms with van der Waals surface area (Å²) in [4.78, 5) is 24.3. The van der Waals surface area contributed by atoms with E-state index >= 15 is 0 Å². The molecule has 0 N–H and O–H groups in total. The third-order valence-electron chi connectivity index (χ3n) is 7.03. The molecule has 1 amide bonds. The van der Waals surface area contributed by atoms with Gasteiger partial charge in [-0.15, -0.1) is 11.8 Å². The molecule has 0 radical (unpaired) electrons. The first-order chi connectivity index (χ1) is 21.0. The Morgan fingerprint density at radius 3 is 1.60 bits per heavy atom. The van der Waals surface area contributed by atoms with E-state index in [0.717, 1.165) is 21.5 Å². The van der Waals surface area contributed by atoms with Gasteiger partial charge in [0.05, 0.1) is 5.29 Å². The fraction of sp³-hybridized carbons (Fsp3) is 0.0286.